The van der Waals surface area contributed by atoms with E-state index in [0.717, 1.165) is 0 Å². The van der Waals surface area contributed by atoms with E-state index in [1.165, 1.54) is 29.1 Å². The van der Waals surface area contributed by atoms with Crippen LogP contribution in [0.5, 0.6) is 5.75 Å². The molecule has 5 rings (SSSR count). The second-order valence-corrected chi connectivity index (χ2v) is 11.0. The van der Waals surface area contributed by atoms with Gasteiger partial charge in [0.1, 0.15) is 28.5 Å². The molecule has 0 radical (unpaired) electrons. The second kappa shape index (κ2) is 10.5. The number of aliphatic carboxylic acids is 1. The Labute approximate surface area is 243 Å². The van der Waals surface area contributed by atoms with Gasteiger partial charge < -0.3 is 30.5 Å². The Morgan fingerprint density at radius 3 is 2.53 bits per heavy atom. The van der Waals surface area contributed by atoms with Crippen molar-refractivity contribution in [3.05, 3.63) is 66.0 Å². The average molecular weight is 544 g/mol. The molecule has 4 atom stereocenters. The van der Waals surface area contributed by atoms with Gasteiger partial charge in [0.25, 0.3) is 5.91 Å². The molecule has 38 heavy (non-hydrogen) atoms. The van der Waals surface area contributed by atoms with Crippen LogP contribution in [0, 0.1) is 0 Å². The first kappa shape index (κ1) is 27.8. The molecule has 3 N–H and O–H groups in total. The van der Waals surface area contributed by atoms with Gasteiger partial charge in [-0.2, -0.15) is 0 Å². The van der Waals surface area contributed by atoms with Crippen molar-refractivity contribution in [3.8, 4) is 5.75 Å². The summed E-state index contributed by atoms with van der Waals surface area (Å²) in [6.07, 6.45) is 2.65. The first-order chi connectivity index (χ1) is 17.6. The van der Waals surface area contributed by atoms with Crippen LogP contribution < -0.4 is 45.3 Å². The maximum Gasteiger partial charge on any atom is 1.00 e. The van der Waals surface area contributed by atoms with Crippen LogP contribution in [0.25, 0.3) is 11.0 Å². The summed E-state index contributed by atoms with van der Waals surface area (Å²) in [5.74, 6) is -3.70. The van der Waals surface area contributed by atoms with E-state index >= 15 is 0 Å². The Balaban J connectivity index is 0.00000336. The number of nitrogens with zero attached hydrogens (tertiary/aromatic N) is 3. The van der Waals surface area contributed by atoms with Crippen molar-refractivity contribution in [2.75, 3.05) is 0 Å². The third-order valence-corrected chi connectivity index (χ3v) is 8.05. The molecule has 0 aliphatic carbocycles. The number of aromatic hydroxyl groups is 1. The molecule has 3 amide bonds. The monoisotopic (exact) mass is 543 g/mol. The minimum atomic E-state index is -1.36. The molecule has 0 spiro atoms. The fraction of sp³-hybridized carbons (Fsp3) is 0.280. The van der Waals surface area contributed by atoms with Gasteiger partial charge in [0.15, 0.2) is 5.75 Å². The van der Waals surface area contributed by atoms with Crippen molar-refractivity contribution >= 4 is 46.5 Å². The molecule has 0 bridgehead atoms. The first-order valence-corrected chi connectivity index (χ1v) is 12.3. The molecule has 3 aromatic rings. The summed E-state index contributed by atoms with van der Waals surface area (Å²) in [6, 6.07) is 8.38. The van der Waals surface area contributed by atoms with Crippen LogP contribution >= 0.6 is 11.8 Å². The van der Waals surface area contributed by atoms with Crippen molar-refractivity contribution in [2.45, 2.75) is 42.1 Å². The number of carbonyl (C=O) groups excluding carboxylic acids is 4. The van der Waals surface area contributed by atoms with E-state index in [-0.39, 0.29) is 46.4 Å². The van der Waals surface area contributed by atoms with Gasteiger partial charge >= 0.3 is 29.6 Å². The van der Waals surface area contributed by atoms with Crippen LogP contribution in [0.15, 0.2) is 54.9 Å². The Morgan fingerprint density at radius 1 is 1.13 bits per heavy atom. The van der Waals surface area contributed by atoms with Crippen molar-refractivity contribution in [1.29, 1.82) is 0 Å². The Kier molecular flexibility index (Phi) is 7.71. The fourth-order valence-electron chi connectivity index (χ4n) is 4.69. The summed E-state index contributed by atoms with van der Waals surface area (Å²) in [5.41, 5.74) is 0.805. The van der Waals surface area contributed by atoms with Crippen LogP contribution in [-0.2, 0) is 14.4 Å². The standard InChI is InChI=1S/C25H23N5O6S.Na/c1-25(2)19(24(35)36)30-22(34)17(23(30)37-25)29-21(33)15(12-7-4-3-5-8-12)28-20(32)13-11-27-14-9-6-10-26-16(14)18(13)31;/h3-11,15,17,19,23H,1-2H3,(H,27,31)(H,28,32)(H,29,33)(H,35,36);/q;+1/p-1/t15?,17?,19-,23+;/m0./s1. The van der Waals surface area contributed by atoms with Gasteiger partial charge in [0, 0.05) is 17.1 Å². The van der Waals surface area contributed by atoms with Crippen LogP contribution in [0.2, 0.25) is 0 Å². The zero-order valence-corrected chi connectivity index (χ0v) is 23.6. The number of thioether (sulfide) groups is 1. The van der Waals surface area contributed by atoms with E-state index in [2.05, 4.69) is 20.6 Å². The van der Waals surface area contributed by atoms with Crippen molar-refractivity contribution in [2.24, 2.45) is 0 Å². The van der Waals surface area contributed by atoms with Gasteiger partial charge in [0.2, 0.25) is 11.8 Å². The topological polar surface area (TPSA) is 165 Å². The summed E-state index contributed by atoms with van der Waals surface area (Å²) in [4.78, 5) is 60.5. The first-order valence-electron chi connectivity index (χ1n) is 11.4. The van der Waals surface area contributed by atoms with E-state index in [9.17, 15) is 29.4 Å². The number of carboxylic acids is 1. The maximum absolute atomic E-state index is 13.4. The number of pyridine rings is 2. The number of carboxylic acid groups (broad SMARTS) is 1. The van der Waals surface area contributed by atoms with E-state index in [0.29, 0.717) is 11.1 Å². The van der Waals surface area contributed by atoms with Crippen molar-refractivity contribution < 1.29 is 58.9 Å². The molecule has 11 nitrogen and oxygen atoms in total. The molecule has 2 aliphatic rings. The van der Waals surface area contributed by atoms with Crippen LogP contribution in [0.3, 0.4) is 0 Å². The quantitative estimate of drug-likeness (QED) is 0.219. The third-order valence-electron chi connectivity index (χ3n) is 6.48. The number of hydrogen-bond acceptors (Lipinski definition) is 9. The van der Waals surface area contributed by atoms with E-state index in [1.54, 1.807) is 56.3 Å². The molecular formula is C25H22N5NaO6S. The largest absolute Gasteiger partial charge is 1.00 e. The molecule has 2 fully saturated rings. The Hall–Kier alpha value is -3.19. The zero-order chi connectivity index (χ0) is 26.5. The Bertz CT molecular complexity index is 1440. The second-order valence-electron chi connectivity index (χ2n) is 9.27. The predicted molar refractivity (Wildman–Crippen MR) is 131 cm³/mol. The van der Waals surface area contributed by atoms with Gasteiger partial charge in [0.05, 0.1) is 17.5 Å². The number of hydrogen-bond donors (Lipinski definition) is 3. The molecule has 2 aromatic heterocycles. The molecule has 190 valence electrons. The number of fused-ring (bicyclic) bond motifs is 2. The minimum absolute atomic E-state index is 0. The van der Waals surface area contributed by atoms with E-state index in [4.69, 9.17) is 0 Å². The van der Waals surface area contributed by atoms with Gasteiger partial charge in [-0.3, -0.25) is 24.4 Å². The molecule has 1 aromatic carbocycles. The minimum Gasteiger partial charge on any atom is -0.548 e. The number of benzene rings is 1. The summed E-state index contributed by atoms with van der Waals surface area (Å²) < 4.78 is -0.805. The third kappa shape index (κ3) is 4.73. The molecule has 4 heterocycles. The van der Waals surface area contributed by atoms with Crippen molar-refractivity contribution in [3.63, 3.8) is 0 Å². The van der Waals surface area contributed by atoms with E-state index < -0.39 is 51.9 Å². The number of nitrogens with one attached hydrogen (secondary N) is 2. The number of carbonyl (C=O) groups is 4. The number of amides is 3. The number of β-lactam (4-membered cyclic amide) rings is 1. The van der Waals surface area contributed by atoms with Gasteiger partial charge in [-0.1, -0.05) is 30.3 Å². The molecule has 2 aliphatic heterocycles. The van der Waals surface area contributed by atoms with Crippen LogP contribution in [0.4, 0.5) is 0 Å². The fourth-order valence-corrected chi connectivity index (χ4v) is 6.31. The molecule has 2 saturated heterocycles. The number of rotatable bonds is 6. The summed E-state index contributed by atoms with van der Waals surface area (Å²) >= 11 is 1.26. The van der Waals surface area contributed by atoms with Crippen molar-refractivity contribution in [1.82, 2.24) is 25.5 Å². The average Bonchev–Trinajstić information content (AvgIpc) is 3.14. The van der Waals surface area contributed by atoms with Gasteiger partial charge in [-0.15, -0.1) is 11.8 Å². The smallest absolute Gasteiger partial charge is 0.548 e. The zero-order valence-electron chi connectivity index (χ0n) is 20.7. The summed E-state index contributed by atoms with van der Waals surface area (Å²) in [6.45, 7) is 3.41. The molecular weight excluding hydrogens is 521 g/mol. The molecule has 13 heteroatoms. The molecule has 2 unspecified atom stereocenters. The normalized spacial score (nSPS) is 22.0. The summed E-state index contributed by atoms with van der Waals surface area (Å²) in [7, 11) is 0. The van der Waals surface area contributed by atoms with Crippen LogP contribution in [0.1, 0.15) is 35.8 Å². The number of aromatic nitrogens is 2. The SMILES string of the molecule is CC1(C)S[C@@H]2C(NC(=O)C(NC(=O)c3cnc4cccnc4c3O)c3ccccc3)C(=O)N2[C@H]1C(=O)[O-].[Na+]. The maximum atomic E-state index is 13.4. The van der Waals surface area contributed by atoms with Gasteiger partial charge in [-0.25, -0.2) is 0 Å². The predicted octanol–water partition coefficient (Wildman–Crippen LogP) is -2.89. The Morgan fingerprint density at radius 2 is 1.84 bits per heavy atom. The van der Waals surface area contributed by atoms with Crippen LogP contribution in [-0.4, -0.2) is 65.9 Å². The molecule has 0 saturated carbocycles. The summed E-state index contributed by atoms with van der Waals surface area (Å²) in [5, 5.41) is 27.0. The van der Waals surface area contributed by atoms with Gasteiger partial charge in [-0.05, 0) is 31.5 Å². The van der Waals surface area contributed by atoms with E-state index in [1.807, 2.05) is 0 Å².